The average Bonchev–Trinajstić information content (AvgIpc) is 3.07. The maximum absolute atomic E-state index is 12.0. The number of nitrogens with zero attached hydrogens (tertiary/aromatic N) is 4. The number of amides is 1. The number of hydrogen-bond donors (Lipinski definition) is 4. The van der Waals surface area contributed by atoms with Gasteiger partial charge in [0.15, 0.2) is 22.2 Å². The SMILES string of the molecule is O=C(Nc1nc(Cl)c2[nH]cnc2n1)c1nc[nH]c1C(=O)O. The van der Waals surface area contributed by atoms with Gasteiger partial charge >= 0.3 is 5.97 Å². The van der Waals surface area contributed by atoms with Gasteiger partial charge in [0.1, 0.15) is 5.52 Å². The first kappa shape index (κ1) is 13.0. The Morgan fingerprint density at radius 1 is 1.19 bits per heavy atom. The summed E-state index contributed by atoms with van der Waals surface area (Å²) in [6.07, 6.45) is 2.48. The summed E-state index contributed by atoms with van der Waals surface area (Å²) in [6.45, 7) is 0. The number of H-pyrrole nitrogens is 2. The molecule has 3 aromatic heterocycles. The van der Waals surface area contributed by atoms with E-state index < -0.39 is 11.9 Å². The Hall–Kier alpha value is -3.01. The van der Waals surface area contributed by atoms with Gasteiger partial charge in [-0.3, -0.25) is 10.1 Å². The largest absolute Gasteiger partial charge is 0.477 e. The third-order valence-electron chi connectivity index (χ3n) is 2.54. The minimum atomic E-state index is -1.31. The van der Waals surface area contributed by atoms with Crippen LogP contribution < -0.4 is 5.32 Å². The number of carbonyl (C=O) groups excluding carboxylic acids is 1. The van der Waals surface area contributed by atoms with E-state index >= 15 is 0 Å². The number of imidazole rings is 2. The van der Waals surface area contributed by atoms with Gasteiger partial charge in [0.2, 0.25) is 5.95 Å². The zero-order chi connectivity index (χ0) is 15.0. The number of fused-ring (bicyclic) bond motifs is 1. The highest BCUT2D eigenvalue weighted by Gasteiger charge is 2.21. The van der Waals surface area contributed by atoms with E-state index in [2.05, 4.69) is 35.2 Å². The lowest BCUT2D eigenvalue weighted by Crippen LogP contribution is -2.18. The zero-order valence-electron chi connectivity index (χ0n) is 10.1. The molecule has 4 N–H and O–H groups in total. The maximum Gasteiger partial charge on any atom is 0.354 e. The molecule has 21 heavy (non-hydrogen) atoms. The number of carboxylic acids is 1. The van der Waals surface area contributed by atoms with Crippen LogP contribution in [0.15, 0.2) is 12.7 Å². The van der Waals surface area contributed by atoms with Crippen molar-refractivity contribution in [2.75, 3.05) is 5.32 Å². The van der Waals surface area contributed by atoms with Gasteiger partial charge in [0.25, 0.3) is 5.91 Å². The summed E-state index contributed by atoms with van der Waals surface area (Å²) in [5, 5.41) is 11.3. The molecule has 0 saturated heterocycles. The maximum atomic E-state index is 12.0. The van der Waals surface area contributed by atoms with E-state index in [4.69, 9.17) is 16.7 Å². The Labute approximate surface area is 120 Å². The number of anilines is 1. The summed E-state index contributed by atoms with van der Waals surface area (Å²) >= 11 is 5.90. The van der Waals surface area contributed by atoms with Gasteiger partial charge in [0.05, 0.1) is 12.7 Å². The van der Waals surface area contributed by atoms with Crippen molar-refractivity contribution >= 4 is 40.6 Å². The Morgan fingerprint density at radius 3 is 2.71 bits per heavy atom. The average molecular weight is 308 g/mol. The quantitative estimate of drug-likeness (QED) is 0.519. The number of halogens is 1. The fourth-order valence-corrected chi connectivity index (χ4v) is 1.86. The number of hydrogen-bond acceptors (Lipinski definition) is 6. The van der Waals surface area contributed by atoms with E-state index in [-0.39, 0.29) is 28.1 Å². The number of nitrogens with one attached hydrogen (secondary N) is 3. The molecule has 11 heteroatoms. The molecule has 0 aliphatic heterocycles. The molecule has 3 heterocycles. The van der Waals surface area contributed by atoms with E-state index in [1.54, 1.807) is 0 Å². The first-order chi connectivity index (χ1) is 10.1. The van der Waals surface area contributed by atoms with Crippen LogP contribution in [0.25, 0.3) is 11.2 Å². The summed E-state index contributed by atoms with van der Waals surface area (Å²) in [5.74, 6) is -2.19. The van der Waals surface area contributed by atoms with Crippen LogP contribution in [0.2, 0.25) is 5.15 Å². The number of aromatic amines is 2. The molecule has 3 aromatic rings. The molecule has 106 valence electrons. The number of rotatable bonds is 3. The first-order valence-electron chi connectivity index (χ1n) is 5.51. The monoisotopic (exact) mass is 307 g/mol. The molecule has 0 aliphatic carbocycles. The van der Waals surface area contributed by atoms with Crippen molar-refractivity contribution in [3.05, 3.63) is 29.2 Å². The summed E-state index contributed by atoms with van der Waals surface area (Å²) in [4.78, 5) is 43.4. The van der Waals surface area contributed by atoms with E-state index in [1.807, 2.05) is 0 Å². The normalized spacial score (nSPS) is 10.7. The van der Waals surface area contributed by atoms with Crippen molar-refractivity contribution in [1.29, 1.82) is 0 Å². The van der Waals surface area contributed by atoms with Crippen molar-refractivity contribution in [1.82, 2.24) is 29.9 Å². The smallest absolute Gasteiger partial charge is 0.354 e. The second kappa shape index (κ2) is 4.83. The number of carbonyl (C=O) groups is 2. The minimum Gasteiger partial charge on any atom is -0.477 e. The molecule has 0 aromatic carbocycles. The predicted molar refractivity (Wildman–Crippen MR) is 70.2 cm³/mol. The van der Waals surface area contributed by atoms with E-state index in [1.165, 1.54) is 6.33 Å². The van der Waals surface area contributed by atoms with Crippen molar-refractivity contribution < 1.29 is 14.7 Å². The van der Waals surface area contributed by atoms with Gasteiger partial charge in [-0.2, -0.15) is 9.97 Å². The molecule has 0 spiro atoms. The van der Waals surface area contributed by atoms with Gasteiger partial charge in [-0.15, -0.1) is 0 Å². The van der Waals surface area contributed by atoms with Crippen molar-refractivity contribution in [2.45, 2.75) is 0 Å². The molecule has 10 nitrogen and oxygen atoms in total. The molecular formula is C10H6ClN7O3. The third kappa shape index (κ3) is 2.27. The van der Waals surface area contributed by atoms with Gasteiger partial charge in [-0.05, 0) is 0 Å². The number of aromatic nitrogens is 6. The van der Waals surface area contributed by atoms with Crippen LogP contribution >= 0.6 is 11.6 Å². The fourth-order valence-electron chi connectivity index (χ4n) is 1.64. The van der Waals surface area contributed by atoms with Crippen LogP contribution in [0.5, 0.6) is 0 Å². The summed E-state index contributed by atoms with van der Waals surface area (Å²) in [7, 11) is 0. The molecule has 0 atom stereocenters. The highest BCUT2D eigenvalue weighted by atomic mass is 35.5. The van der Waals surface area contributed by atoms with Crippen molar-refractivity contribution in [2.24, 2.45) is 0 Å². The van der Waals surface area contributed by atoms with Crippen LogP contribution in [0.3, 0.4) is 0 Å². The Morgan fingerprint density at radius 2 is 1.95 bits per heavy atom. The van der Waals surface area contributed by atoms with Crippen LogP contribution in [0.4, 0.5) is 5.95 Å². The lowest BCUT2D eigenvalue weighted by Gasteiger charge is -2.03. The van der Waals surface area contributed by atoms with Crippen LogP contribution in [-0.2, 0) is 0 Å². The molecule has 3 rings (SSSR count). The first-order valence-corrected chi connectivity index (χ1v) is 5.88. The lowest BCUT2D eigenvalue weighted by molar-refractivity contribution is 0.0686. The highest BCUT2D eigenvalue weighted by Crippen LogP contribution is 2.18. The van der Waals surface area contributed by atoms with Crippen LogP contribution in [0, 0.1) is 0 Å². The molecule has 0 saturated carbocycles. The molecule has 0 radical (unpaired) electrons. The molecule has 0 fully saturated rings. The Kier molecular flexibility index (Phi) is 2.99. The summed E-state index contributed by atoms with van der Waals surface area (Å²) < 4.78 is 0. The molecule has 0 aliphatic rings. The second-order valence-corrected chi connectivity index (χ2v) is 4.18. The van der Waals surface area contributed by atoms with Gasteiger partial charge < -0.3 is 15.1 Å². The van der Waals surface area contributed by atoms with Crippen molar-refractivity contribution in [3.63, 3.8) is 0 Å². The van der Waals surface area contributed by atoms with Crippen molar-refractivity contribution in [3.8, 4) is 0 Å². The Balaban J connectivity index is 1.92. The zero-order valence-corrected chi connectivity index (χ0v) is 10.8. The molecular weight excluding hydrogens is 302 g/mol. The molecule has 0 bridgehead atoms. The van der Waals surface area contributed by atoms with E-state index in [0.717, 1.165) is 6.33 Å². The minimum absolute atomic E-state index is 0.0771. The van der Waals surface area contributed by atoms with Gasteiger partial charge in [0, 0.05) is 0 Å². The number of carboxylic acid groups (broad SMARTS) is 1. The molecule has 1 amide bonds. The van der Waals surface area contributed by atoms with E-state index in [0.29, 0.717) is 5.52 Å². The third-order valence-corrected chi connectivity index (χ3v) is 2.81. The second-order valence-electron chi connectivity index (χ2n) is 3.82. The summed E-state index contributed by atoms with van der Waals surface area (Å²) in [6, 6.07) is 0. The fraction of sp³-hybridized carbons (Fsp3) is 0. The van der Waals surface area contributed by atoms with E-state index in [9.17, 15) is 9.59 Å². The highest BCUT2D eigenvalue weighted by molar-refractivity contribution is 6.33. The standard InChI is InChI=1S/C10H6ClN7O3/c11-6-5-7(15-2-14-5)17-10(16-6)18-8(19)3-4(9(20)21)13-1-12-3/h1-2H,(H,12,13)(H,20,21)(H2,14,15,16,17,18,19). The van der Waals surface area contributed by atoms with Crippen LogP contribution in [-0.4, -0.2) is 46.9 Å². The lowest BCUT2D eigenvalue weighted by atomic mass is 10.3. The van der Waals surface area contributed by atoms with Gasteiger partial charge in [-0.25, -0.2) is 14.8 Å². The molecule has 0 unspecified atom stereocenters. The Bertz CT molecular complexity index is 855. The summed E-state index contributed by atoms with van der Waals surface area (Å²) in [5.41, 5.74) is 0.0789. The number of aromatic carboxylic acids is 1. The topological polar surface area (TPSA) is 150 Å². The van der Waals surface area contributed by atoms with Crippen LogP contribution in [0.1, 0.15) is 21.0 Å². The predicted octanol–water partition coefficient (Wildman–Crippen LogP) is 0.680. The van der Waals surface area contributed by atoms with Gasteiger partial charge in [-0.1, -0.05) is 11.6 Å².